The van der Waals surface area contributed by atoms with Crippen LogP contribution in [0, 0.1) is 5.41 Å². The van der Waals surface area contributed by atoms with E-state index < -0.39 is 5.41 Å². The Morgan fingerprint density at radius 3 is 2.72 bits per heavy atom. The third-order valence-electron chi connectivity index (χ3n) is 3.69. The third-order valence-corrected chi connectivity index (χ3v) is 3.69. The van der Waals surface area contributed by atoms with E-state index in [-0.39, 0.29) is 24.8 Å². The Morgan fingerprint density at radius 2 is 2.22 bits per heavy atom. The van der Waals surface area contributed by atoms with Crippen molar-refractivity contribution in [3.05, 3.63) is 0 Å². The Labute approximate surface area is 110 Å². The minimum Gasteiger partial charge on any atom is -0.396 e. The molecule has 2 unspecified atom stereocenters. The van der Waals surface area contributed by atoms with Crippen LogP contribution in [0.1, 0.15) is 52.9 Å². The summed E-state index contributed by atoms with van der Waals surface area (Å²) in [4.78, 5) is 12.0. The molecule has 1 saturated heterocycles. The Morgan fingerprint density at radius 1 is 1.50 bits per heavy atom. The second kappa shape index (κ2) is 7.22. The first-order chi connectivity index (χ1) is 8.52. The van der Waals surface area contributed by atoms with Crippen LogP contribution in [0.4, 0.5) is 0 Å². The molecule has 0 amide bonds. The van der Waals surface area contributed by atoms with Crippen molar-refractivity contribution in [2.75, 3.05) is 13.2 Å². The van der Waals surface area contributed by atoms with Gasteiger partial charge in [-0.15, -0.1) is 0 Å². The van der Waals surface area contributed by atoms with Crippen LogP contribution in [0.25, 0.3) is 0 Å². The lowest BCUT2D eigenvalue weighted by atomic mass is 9.79. The predicted octanol–water partition coefficient (Wildman–Crippen LogP) is 2.29. The average molecular weight is 258 g/mol. The molecular weight excluding hydrogens is 232 g/mol. The van der Waals surface area contributed by atoms with Crippen molar-refractivity contribution in [1.29, 1.82) is 0 Å². The van der Waals surface area contributed by atoms with Gasteiger partial charge >= 0.3 is 0 Å². The maximum Gasteiger partial charge on any atom is 0.157 e. The van der Waals surface area contributed by atoms with Crippen molar-refractivity contribution >= 4 is 5.78 Å². The molecule has 106 valence electrons. The number of carbonyl (C=O) groups excluding carboxylic acids is 1. The number of carbonyl (C=O) groups is 1. The first kappa shape index (κ1) is 15.6. The average Bonchev–Trinajstić information content (AvgIpc) is 2.38. The monoisotopic (exact) mass is 258 g/mol. The molecule has 0 aromatic carbocycles. The molecule has 2 atom stereocenters. The molecule has 0 bridgehead atoms. The van der Waals surface area contributed by atoms with Gasteiger partial charge in [-0.2, -0.15) is 0 Å². The van der Waals surface area contributed by atoms with Crippen LogP contribution < -0.4 is 0 Å². The van der Waals surface area contributed by atoms with Gasteiger partial charge < -0.3 is 14.6 Å². The zero-order chi connectivity index (χ0) is 13.6. The molecule has 1 rings (SSSR count). The number of hydrogen-bond acceptors (Lipinski definition) is 4. The molecule has 0 saturated carbocycles. The summed E-state index contributed by atoms with van der Waals surface area (Å²) in [6, 6.07) is 0. The minimum absolute atomic E-state index is 0.0256. The maximum atomic E-state index is 12.0. The Bertz CT molecular complexity index is 257. The molecule has 1 aliphatic heterocycles. The third kappa shape index (κ3) is 4.04. The first-order valence-corrected chi connectivity index (χ1v) is 6.93. The van der Waals surface area contributed by atoms with Gasteiger partial charge in [0, 0.05) is 25.0 Å². The highest BCUT2D eigenvalue weighted by molar-refractivity contribution is 5.84. The summed E-state index contributed by atoms with van der Waals surface area (Å²) in [5, 5.41) is 9.15. The van der Waals surface area contributed by atoms with E-state index in [9.17, 15) is 4.79 Å². The van der Waals surface area contributed by atoms with Crippen LogP contribution in [0.3, 0.4) is 0 Å². The summed E-state index contributed by atoms with van der Waals surface area (Å²) in [6.45, 7) is 6.39. The van der Waals surface area contributed by atoms with E-state index in [1.807, 2.05) is 20.8 Å². The van der Waals surface area contributed by atoms with Crippen molar-refractivity contribution < 1.29 is 19.4 Å². The number of rotatable bonds is 7. The standard InChI is InChI=1S/C14H26O4/c1-4-11(16)14(2,3)12(8-9-15)18-13-7-5-6-10-17-13/h12-13,15H,4-10H2,1-3H3. The fourth-order valence-corrected chi connectivity index (χ4v) is 2.35. The Kier molecular flexibility index (Phi) is 6.26. The lowest BCUT2D eigenvalue weighted by Gasteiger charge is -2.36. The SMILES string of the molecule is CCC(=O)C(C)(C)C(CCO)OC1CCCCO1. The molecule has 1 N–H and O–H groups in total. The molecule has 1 fully saturated rings. The van der Waals surface area contributed by atoms with E-state index in [1.165, 1.54) is 0 Å². The number of ether oxygens (including phenoxy) is 2. The van der Waals surface area contributed by atoms with E-state index >= 15 is 0 Å². The summed E-state index contributed by atoms with van der Waals surface area (Å²) in [6.07, 6.45) is 3.50. The van der Waals surface area contributed by atoms with Gasteiger partial charge in [0.2, 0.25) is 0 Å². The molecule has 0 radical (unpaired) electrons. The first-order valence-electron chi connectivity index (χ1n) is 6.93. The number of ketones is 1. The lowest BCUT2D eigenvalue weighted by molar-refractivity contribution is -0.211. The number of hydrogen-bond donors (Lipinski definition) is 1. The molecule has 0 aromatic rings. The molecule has 4 nitrogen and oxygen atoms in total. The van der Waals surface area contributed by atoms with Crippen molar-refractivity contribution in [2.45, 2.75) is 65.3 Å². The van der Waals surface area contributed by atoms with Crippen molar-refractivity contribution in [3.63, 3.8) is 0 Å². The molecule has 0 aliphatic carbocycles. The zero-order valence-corrected chi connectivity index (χ0v) is 11.8. The largest absolute Gasteiger partial charge is 0.396 e. The van der Waals surface area contributed by atoms with Crippen molar-refractivity contribution in [2.24, 2.45) is 5.41 Å². The van der Waals surface area contributed by atoms with E-state index in [0.717, 1.165) is 25.9 Å². The van der Waals surface area contributed by atoms with Crippen LogP contribution in [0.2, 0.25) is 0 Å². The number of aliphatic hydroxyl groups is 1. The summed E-state index contributed by atoms with van der Waals surface area (Å²) in [5.41, 5.74) is -0.571. The van der Waals surface area contributed by atoms with Gasteiger partial charge in [-0.1, -0.05) is 20.8 Å². The Hall–Kier alpha value is -0.450. The molecule has 0 aromatic heterocycles. The van der Waals surface area contributed by atoms with Crippen LogP contribution in [-0.2, 0) is 14.3 Å². The fraction of sp³-hybridized carbons (Fsp3) is 0.929. The van der Waals surface area contributed by atoms with Crippen molar-refractivity contribution in [3.8, 4) is 0 Å². The highest BCUT2D eigenvalue weighted by Gasteiger charge is 2.37. The van der Waals surface area contributed by atoms with Crippen molar-refractivity contribution in [1.82, 2.24) is 0 Å². The highest BCUT2D eigenvalue weighted by Crippen LogP contribution is 2.31. The molecule has 18 heavy (non-hydrogen) atoms. The maximum absolute atomic E-state index is 12.0. The van der Waals surface area contributed by atoms with Gasteiger partial charge in [0.05, 0.1) is 6.10 Å². The van der Waals surface area contributed by atoms with Crippen LogP contribution in [0.5, 0.6) is 0 Å². The lowest BCUT2D eigenvalue weighted by Crippen LogP contribution is -2.42. The summed E-state index contributed by atoms with van der Waals surface area (Å²) in [7, 11) is 0. The van der Waals surface area contributed by atoms with Gasteiger partial charge in [0.1, 0.15) is 5.78 Å². The second-order valence-electron chi connectivity index (χ2n) is 5.43. The smallest absolute Gasteiger partial charge is 0.157 e. The second-order valence-corrected chi connectivity index (χ2v) is 5.43. The molecule has 1 heterocycles. The van der Waals surface area contributed by atoms with E-state index in [2.05, 4.69) is 0 Å². The topological polar surface area (TPSA) is 55.8 Å². The fourth-order valence-electron chi connectivity index (χ4n) is 2.35. The van der Waals surface area contributed by atoms with Gasteiger partial charge in [0.25, 0.3) is 0 Å². The summed E-state index contributed by atoms with van der Waals surface area (Å²) < 4.78 is 11.5. The number of aliphatic hydroxyl groups excluding tert-OH is 1. The van der Waals surface area contributed by atoms with E-state index in [4.69, 9.17) is 14.6 Å². The predicted molar refractivity (Wildman–Crippen MR) is 69.2 cm³/mol. The van der Waals surface area contributed by atoms with Crippen LogP contribution >= 0.6 is 0 Å². The molecule has 4 heteroatoms. The Balaban J connectivity index is 2.65. The number of Topliss-reactive ketones (excluding diaryl/α,β-unsaturated/α-hetero) is 1. The normalized spacial score (nSPS) is 22.8. The highest BCUT2D eigenvalue weighted by atomic mass is 16.7. The van der Waals surface area contributed by atoms with Gasteiger partial charge in [-0.25, -0.2) is 0 Å². The quantitative estimate of drug-likeness (QED) is 0.761. The van der Waals surface area contributed by atoms with E-state index in [0.29, 0.717) is 12.8 Å². The zero-order valence-electron chi connectivity index (χ0n) is 11.8. The summed E-state index contributed by atoms with van der Waals surface area (Å²) in [5.74, 6) is 0.164. The van der Waals surface area contributed by atoms with Crippen LogP contribution in [0.15, 0.2) is 0 Å². The molecule has 0 spiro atoms. The molecular formula is C14H26O4. The van der Waals surface area contributed by atoms with Gasteiger partial charge in [0.15, 0.2) is 6.29 Å². The van der Waals surface area contributed by atoms with Crippen LogP contribution in [-0.4, -0.2) is 36.5 Å². The van der Waals surface area contributed by atoms with Gasteiger partial charge in [-0.05, 0) is 25.7 Å². The summed E-state index contributed by atoms with van der Waals surface area (Å²) >= 11 is 0. The molecule has 1 aliphatic rings. The van der Waals surface area contributed by atoms with Gasteiger partial charge in [-0.3, -0.25) is 4.79 Å². The van der Waals surface area contributed by atoms with E-state index in [1.54, 1.807) is 0 Å². The minimum atomic E-state index is -0.571.